The molecule has 0 saturated carbocycles. The maximum Gasteiger partial charge on any atom is 0.336 e. The Morgan fingerprint density at radius 2 is 1.63 bits per heavy atom. The lowest BCUT2D eigenvalue weighted by Gasteiger charge is -2.26. The normalized spacial score (nSPS) is 19.1. The predicted molar refractivity (Wildman–Crippen MR) is 134 cm³/mol. The van der Waals surface area contributed by atoms with Crippen molar-refractivity contribution in [3.05, 3.63) is 96.1 Å². The van der Waals surface area contributed by atoms with Gasteiger partial charge in [-0.05, 0) is 25.0 Å². The van der Waals surface area contributed by atoms with Gasteiger partial charge in [-0.25, -0.2) is 9.59 Å². The first-order valence-electron chi connectivity index (χ1n) is 11.1. The van der Waals surface area contributed by atoms with E-state index >= 15 is 0 Å². The Morgan fingerprint density at radius 1 is 1.06 bits per heavy atom. The van der Waals surface area contributed by atoms with E-state index in [-0.39, 0.29) is 12.2 Å². The summed E-state index contributed by atoms with van der Waals surface area (Å²) in [6, 6.07) is 18.2. The molecule has 0 amide bonds. The predicted octanol–water partition coefficient (Wildman–Crippen LogP) is 3.96. The molecule has 2 aromatic carbocycles. The number of rotatable bonds is 9. The minimum Gasteiger partial charge on any atom is -0.466 e. The summed E-state index contributed by atoms with van der Waals surface area (Å²) in [4.78, 5) is 38.1. The number of methoxy groups -OCH3 is 1. The summed E-state index contributed by atoms with van der Waals surface area (Å²) in [6.45, 7) is 7.26. The Balaban J connectivity index is 1.85. The second-order valence-electron chi connectivity index (χ2n) is 8.35. The average Bonchev–Trinajstić information content (AvgIpc) is 3.19. The Morgan fingerprint density at radius 3 is 2.14 bits per heavy atom. The summed E-state index contributed by atoms with van der Waals surface area (Å²) in [6.07, 6.45) is 1.91. The molecule has 2 aromatic rings. The van der Waals surface area contributed by atoms with Crippen molar-refractivity contribution in [3.63, 3.8) is 0 Å². The molecule has 0 radical (unpaired) electrons. The van der Waals surface area contributed by atoms with Crippen LogP contribution in [0.1, 0.15) is 31.1 Å². The third kappa shape index (κ3) is 6.61. The molecule has 2 atom stereocenters. The summed E-state index contributed by atoms with van der Waals surface area (Å²) in [5, 5.41) is 2.48. The van der Waals surface area contributed by atoms with Gasteiger partial charge in [-0.1, -0.05) is 73.3 Å². The lowest BCUT2D eigenvalue weighted by Crippen LogP contribution is -2.46. The molecule has 184 valence electrons. The minimum atomic E-state index is -0.760. The van der Waals surface area contributed by atoms with E-state index in [0.29, 0.717) is 0 Å². The molecule has 1 heterocycles. The summed E-state index contributed by atoms with van der Waals surface area (Å²) in [5.41, 5.74) is 1.73. The zero-order valence-electron chi connectivity index (χ0n) is 19.9. The fraction of sp³-hybridized carbons (Fsp3) is 0.296. The van der Waals surface area contributed by atoms with Gasteiger partial charge in [0.15, 0.2) is 6.10 Å². The number of carbonyl (C=O) groups excluding carboxylic acids is 3. The molecule has 0 aromatic heterocycles. The maximum atomic E-state index is 13.5. The maximum absolute atomic E-state index is 13.5. The Labute approximate surface area is 209 Å². The standard InChI is InChI=1S/C27H29NO6S/c1-5-16-33-21(29)17-20(25(30)32-4)24-28-23(27(2,3)35-24)26(31)34-22(18-12-8-6-9-13-18)19-14-10-7-11-15-19/h5-15,17,22-24,28H,1,16H2,2-4H3/b20-17+/t23-,24+/m0/s1. The van der Waals surface area contributed by atoms with Crippen LogP contribution in [0.5, 0.6) is 0 Å². The number of hydrogen-bond acceptors (Lipinski definition) is 8. The first-order valence-corrected chi connectivity index (χ1v) is 12.0. The van der Waals surface area contributed by atoms with Gasteiger partial charge >= 0.3 is 17.9 Å². The second-order valence-corrected chi connectivity index (χ2v) is 10.1. The second kappa shape index (κ2) is 11.9. The highest BCUT2D eigenvalue weighted by Crippen LogP contribution is 2.42. The van der Waals surface area contributed by atoms with Gasteiger partial charge in [-0.2, -0.15) is 0 Å². The third-order valence-corrected chi connectivity index (χ3v) is 6.90. The lowest BCUT2D eigenvalue weighted by atomic mass is 10.00. The molecule has 3 rings (SSSR count). The molecule has 1 saturated heterocycles. The molecule has 8 heteroatoms. The SMILES string of the molecule is C=CCOC(=O)/C=C(/C(=O)OC)[C@@H]1N[C@@H](C(=O)OC(c2ccccc2)c2ccccc2)C(C)(C)S1. The van der Waals surface area contributed by atoms with Gasteiger partial charge < -0.3 is 14.2 Å². The Hall–Kier alpha value is -3.36. The highest BCUT2D eigenvalue weighted by molar-refractivity contribution is 8.01. The van der Waals surface area contributed by atoms with E-state index in [2.05, 4.69) is 11.9 Å². The summed E-state index contributed by atoms with van der Waals surface area (Å²) >= 11 is 1.33. The van der Waals surface area contributed by atoms with Crippen LogP contribution in [0.3, 0.4) is 0 Å². The van der Waals surface area contributed by atoms with E-state index in [9.17, 15) is 14.4 Å². The largest absolute Gasteiger partial charge is 0.466 e. The van der Waals surface area contributed by atoms with E-state index in [1.807, 2.05) is 74.5 Å². The van der Waals surface area contributed by atoms with E-state index in [1.54, 1.807) is 0 Å². The molecule has 1 aliphatic heterocycles. The molecule has 0 spiro atoms. The molecule has 1 aliphatic rings. The Kier molecular flexibility index (Phi) is 8.89. The number of thioether (sulfide) groups is 1. The van der Waals surface area contributed by atoms with Crippen LogP contribution in [0.15, 0.2) is 85.0 Å². The third-order valence-electron chi connectivity index (χ3n) is 5.43. The molecule has 0 unspecified atom stereocenters. The minimum absolute atomic E-state index is 0.00975. The summed E-state index contributed by atoms with van der Waals surface area (Å²) in [7, 11) is 1.23. The average molecular weight is 496 g/mol. The quantitative estimate of drug-likeness (QED) is 0.242. The summed E-state index contributed by atoms with van der Waals surface area (Å²) < 4.78 is 15.2. The van der Waals surface area contributed by atoms with Crippen molar-refractivity contribution in [3.8, 4) is 0 Å². The fourth-order valence-electron chi connectivity index (χ4n) is 3.70. The van der Waals surface area contributed by atoms with Crippen molar-refractivity contribution in [1.82, 2.24) is 5.32 Å². The molecule has 35 heavy (non-hydrogen) atoms. The van der Waals surface area contributed by atoms with Crippen LogP contribution in [-0.4, -0.2) is 47.8 Å². The molecule has 1 fully saturated rings. The molecule has 0 bridgehead atoms. The zero-order valence-corrected chi connectivity index (χ0v) is 20.7. The van der Waals surface area contributed by atoms with Gasteiger partial charge in [0.25, 0.3) is 0 Å². The van der Waals surface area contributed by atoms with Crippen molar-refractivity contribution in [2.24, 2.45) is 0 Å². The number of benzene rings is 2. The van der Waals surface area contributed by atoms with Crippen molar-refractivity contribution in [2.75, 3.05) is 13.7 Å². The monoisotopic (exact) mass is 495 g/mol. The Bertz CT molecular complexity index is 1040. The van der Waals surface area contributed by atoms with Crippen LogP contribution in [0.2, 0.25) is 0 Å². The molecular weight excluding hydrogens is 466 g/mol. The highest BCUT2D eigenvalue weighted by atomic mass is 32.2. The first-order chi connectivity index (χ1) is 16.8. The molecule has 7 nitrogen and oxygen atoms in total. The van der Waals surface area contributed by atoms with Crippen LogP contribution in [0.25, 0.3) is 0 Å². The number of carbonyl (C=O) groups is 3. The van der Waals surface area contributed by atoms with Crippen LogP contribution in [0, 0.1) is 0 Å². The van der Waals surface area contributed by atoms with Crippen LogP contribution in [0.4, 0.5) is 0 Å². The van der Waals surface area contributed by atoms with Crippen LogP contribution < -0.4 is 5.32 Å². The van der Waals surface area contributed by atoms with Gasteiger partial charge in [0, 0.05) is 10.8 Å². The van der Waals surface area contributed by atoms with Gasteiger partial charge in [-0.3, -0.25) is 10.1 Å². The van der Waals surface area contributed by atoms with Crippen molar-refractivity contribution < 1.29 is 28.6 Å². The number of hydrogen-bond donors (Lipinski definition) is 1. The van der Waals surface area contributed by atoms with Gasteiger partial charge in [0.05, 0.1) is 18.1 Å². The van der Waals surface area contributed by atoms with Crippen LogP contribution >= 0.6 is 11.8 Å². The van der Waals surface area contributed by atoms with E-state index in [1.165, 1.54) is 24.9 Å². The van der Waals surface area contributed by atoms with Crippen molar-refractivity contribution in [2.45, 2.75) is 36.1 Å². The summed E-state index contributed by atoms with van der Waals surface area (Å²) in [5.74, 6) is -1.87. The number of nitrogens with one attached hydrogen (secondary N) is 1. The van der Waals surface area contributed by atoms with Gasteiger partial charge in [0.1, 0.15) is 12.6 Å². The van der Waals surface area contributed by atoms with E-state index in [4.69, 9.17) is 14.2 Å². The number of ether oxygens (including phenoxy) is 3. The molecule has 1 N–H and O–H groups in total. The van der Waals surface area contributed by atoms with Gasteiger partial charge in [-0.15, -0.1) is 11.8 Å². The van der Waals surface area contributed by atoms with E-state index in [0.717, 1.165) is 17.2 Å². The zero-order chi connectivity index (χ0) is 25.4. The topological polar surface area (TPSA) is 90.9 Å². The van der Waals surface area contributed by atoms with Gasteiger partial charge in [0.2, 0.25) is 0 Å². The number of esters is 3. The van der Waals surface area contributed by atoms with Crippen LogP contribution in [-0.2, 0) is 28.6 Å². The molecular formula is C27H29NO6S. The van der Waals surface area contributed by atoms with E-state index < -0.39 is 40.2 Å². The smallest absolute Gasteiger partial charge is 0.336 e. The highest BCUT2D eigenvalue weighted by Gasteiger charge is 2.49. The lowest BCUT2D eigenvalue weighted by molar-refractivity contribution is -0.150. The molecule has 0 aliphatic carbocycles. The van der Waals surface area contributed by atoms with Crippen molar-refractivity contribution in [1.29, 1.82) is 0 Å². The first kappa shape index (κ1) is 26.2. The van der Waals surface area contributed by atoms with Crippen molar-refractivity contribution >= 4 is 29.7 Å². The fourth-order valence-corrected chi connectivity index (χ4v) is 5.10.